The molecule has 1 heterocycles. The van der Waals surface area contributed by atoms with Crippen LogP contribution in [-0.4, -0.2) is 9.55 Å². The quantitative estimate of drug-likeness (QED) is 0.526. The van der Waals surface area contributed by atoms with Gasteiger partial charge in [-0.2, -0.15) is 0 Å². The third kappa shape index (κ3) is 2.34. The van der Waals surface area contributed by atoms with Gasteiger partial charge in [-0.05, 0) is 43.3 Å². The monoisotopic (exact) mass is 368 g/mol. The second-order valence-electron chi connectivity index (χ2n) is 4.51. The standard InChI is InChI=1S/C15H11BrCl2N2/c1-9(17)15-19-14-12(18)3-2-4-13(14)20(15)11-7-5-10(16)6-8-11/h2-9H,1H3. The van der Waals surface area contributed by atoms with Gasteiger partial charge in [0, 0.05) is 10.2 Å². The minimum absolute atomic E-state index is 0.206. The Labute approximate surface area is 135 Å². The Hall–Kier alpha value is -1.03. The van der Waals surface area contributed by atoms with E-state index in [-0.39, 0.29) is 5.38 Å². The molecule has 0 radical (unpaired) electrons. The fraction of sp³-hybridized carbons (Fsp3) is 0.133. The van der Waals surface area contributed by atoms with Crippen molar-refractivity contribution in [2.45, 2.75) is 12.3 Å². The lowest BCUT2D eigenvalue weighted by atomic mass is 10.2. The largest absolute Gasteiger partial charge is 0.295 e. The van der Waals surface area contributed by atoms with Gasteiger partial charge in [0.2, 0.25) is 0 Å². The number of aromatic nitrogens is 2. The summed E-state index contributed by atoms with van der Waals surface area (Å²) >= 11 is 16.0. The van der Waals surface area contributed by atoms with Crippen LogP contribution in [0.2, 0.25) is 5.02 Å². The Morgan fingerprint density at radius 3 is 2.50 bits per heavy atom. The highest BCUT2D eigenvalue weighted by molar-refractivity contribution is 9.10. The molecule has 0 saturated carbocycles. The van der Waals surface area contributed by atoms with E-state index in [1.165, 1.54) is 0 Å². The summed E-state index contributed by atoms with van der Waals surface area (Å²) in [6.45, 7) is 1.91. The Balaban J connectivity index is 2.35. The van der Waals surface area contributed by atoms with Gasteiger partial charge in [-0.1, -0.05) is 33.6 Å². The number of hydrogen-bond donors (Lipinski definition) is 0. The lowest BCUT2D eigenvalue weighted by Crippen LogP contribution is -2.01. The molecule has 102 valence electrons. The third-order valence-corrected chi connectivity index (χ3v) is 4.13. The summed E-state index contributed by atoms with van der Waals surface area (Å²) in [7, 11) is 0. The van der Waals surface area contributed by atoms with Crippen LogP contribution in [0.25, 0.3) is 16.7 Å². The van der Waals surface area contributed by atoms with Gasteiger partial charge in [-0.3, -0.25) is 4.57 Å². The maximum atomic E-state index is 6.28. The van der Waals surface area contributed by atoms with Crippen molar-refractivity contribution < 1.29 is 0 Å². The molecule has 0 aliphatic rings. The second kappa shape index (κ2) is 5.40. The van der Waals surface area contributed by atoms with Crippen LogP contribution in [0.5, 0.6) is 0 Å². The topological polar surface area (TPSA) is 17.8 Å². The van der Waals surface area contributed by atoms with Gasteiger partial charge in [-0.25, -0.2) is 4.98 Å². The second-order valence-corrected chi connectivity index (χ2v) is 6.48. The molecule has 0 bridgehead atoms. The van der Waals surface area contributed by atoms with Crippen LogP contribution in [0.3, 0.4) is 0 Å². The van der Waals surface area contributed by atoms with E-state index in [0.29, 0.717) is 5.02 Å². The molecule has 5 heteroatoms. The van der Waals surface area contributed by atoms with Gasteiger partial charge in [0.1, 0.15) is 11.3 Å². The molecule has 0 amide bonds. The van der Waals surface area contributed by atoms with Gasteiger partial charge in [-0.15, -0.1) is 11.6 Å². The van der Waals surface area contributed by atoms with Crippen LogP contribution in [0.1, 0.15) is 18.1 Å². The zero-order valence-electron chi connectivity index (χ0n) is 10.6. The molecule has 3 aromatic rings. The minimum Gasteiger partial charge on any atom is -0.295 e. The SMILES string of the molecule is CC(Cl)c1nc2c(Cl)cccc2n1-c1ccc(Br)cc1. The molecule has 0 N–H and O–H groups in total. The molecule has 0 spiro atoms. The highest BCUT2D eigenvalue weighted by Gasteiger charge is 2.17. The van der Waals surface area contributed by atoms with Crippen molar-refractivity contribution in [2.24, 2.45) is 0 Å². The average molecular weight is 370 g/mol. The van der Waals surface area contributed by atoms with Crippen molar-refractivity contribution in [3.05, 3.63) is 57.8 Å². The molecule has 0 saturated heterocycles. The zero-order valence-corrected chi connectivity index (χ0v) is 13.7. The van der Waals surface area contributed by atoms with Crippen molar-refractivity contribution >= 4 is 50.2 Å². The van der Waals surface area contributed by atoms with Crippen LogP contribution in [0, 0.1) is 0 Å². The normalized spacial score (nSPS) is 12.8. The summed E-state index contributed by atoms with van der Waals surface area (Å²) in [4.78, 5) is 4.60. The molecule has 1 atom stereocenters. The fourth-order valence-corrected chi connectivity index (χ4v) is 2.83. The first-order valence-electron chi connectivity index (χ1n) is 6.15. The number of benzene rings is 2. The Morgan fingerprint density at radius 2 is 1.85 bits per heavy atom. The zero-order chi connectivity index (χ0) is 14.3. The number of nitrogens with zero attached hydrogens (tertiary/aromatic N) is 2. The van der Waals surface area contributed by atoms with Crippen molar-refractivity contribution in [2.75, 3.05) is 0 Å². The maximum Gasteiger partial charge on any atom is 0.132 e. The number of imidazole rings is 1. The van der Waals surface area contributed by atoms with Crippen molar-refractivity contribution in [3.63, 3.8) is 0 Å². The van der Waals surface area contributed by atoms with E-state index >= 15 is 0 Å². The van der Waals surface area contributed by atoms with Crippen LogP contribution >= 0.6 is 39.1 Å². The van der Waals surface area contributed by atoms with E-state index in [2.05, 4.69) is 20.9 Å². The van der Waals surface area contributed by atoms with E-state index < -0.39 is 0 Å². The minimum atomic E-state index is -0.206. The lowest BCUT2D eigenvalue weighted by molar-refractivity contribution is 0.882. The van der Waals surface area contributed by atoms with Gasteiger partial charge < -0.3 is 0 Å². The van der Waals surface area contributed by atoms with E-state index in [0.717, 1.165) is 27.0 Å². The lowest BCUT2D eigenvalue weighted by Gasteiger charge is -2.10. The number of para-hydroxylation sites is 1. The number of rotatable bonds is 2. The molecule has 1 unspecified atom stereocenters. The molecule has 1 aromatic heterocycles. The number of hydrogen-bond acceptors (Lipinski definition) is 1. The highest BCUT2D eigenvalue weighted by Crippen LogP contribution is 2.31. The first kappa shape index (κ1) is 13.9. The van der Waals surface area contributed by atoms with Crippen molar-refractivity contribution in [3.8, 4) is 5.69 Å². The molecule has 2 nitrogen and oxygen atoms in total. The van der Waals surface area contributed by atoms with Gasteiger partial charge in [0.15, 0.2) is 0 Å². The smallest absolute Gasteiger partial charge is 0.132 e. The average Bonchev–Trinajstić information content (AvgIpc) is 2.81. The molecule has 3 rings (SSSR count). The van der Waals surface area contributed by atoms with E-state index in [4.69, 9.17) is 23.2 Å². The molecular weight excluding hydrogens is 359 g/mol. The van der Waals surface area contributed by atoms with Gasteiger partial charge in [0.25, 0.3) is 0 Å². The first-order chi connectivity index (χ1) is 9.58. The van der Waals surface area contributed by atoms with Gasteiger partial charge in [0.05, 0.1) is 15.9 Å². The molecule has 0 aliphatic carbocycles. The number of alkyl halides is 1. The van der Waals surface area contributed by atoms with Crippen LogP contribution in [0.4, 0.5) is 0 Å². The number of fused-ring (bicyclic) bond motifs is 1. The van der Waals surface area contributed by atoms with Crippen LogP contribution < -0.4 is 0 Å². The van der Waals surface area contributed by atoms with Crippen molar-refractivity contribution in [1.82, 2.24) is 9.55 Å². The van der Waals surface area contributed by atoms with Gasteiger partial charge >= 0.3 is 0 Å². The maximum absolute atomic E-state index is 6.28. The molecule has 20 heavy (non-hydrogen) atoms. The van der Waals surface area contributed by atoms with E-state index in [9.17, 15) is 0 Å². The third-order valence-electron chi connectivity index (χ3n) is 3.10. The molecular formula is C15H11BrCl2N2. The van der Waals surface area contributed by atoms with Crippen LogP contribution in [-0.2, 0) is 0 Å². The summed E-state index contributed by atoms with van der Waals surface area (Å²) < 4.78 is 3.08. The summed E-state index contributed by atoms with van der Waals surface area (Å²) in [5, 5.41) is 0.430. The summed E-state index contributed by atoms with van der Waals surface area (Å²) in [5.41, 5.74) is 2.75. The van der Waals surface area contributed by atoms with Crippen LogP contribution in [0.15, 0.2) is 46.9 Å². The summed E-state index contributed by atoms with van der Waals surface area (Å²) in [6, 6.07) is 13.8. The predicted molar refractivity (Wildman–Crippen MR) is 88.0 cm³/mol. The summed E-state index contributed by atoms with van der Waals surface area (Å²) in [6.07, 6.45) is 0. The molecule has 2 aromatic carbocycles. The fourth-order valence-electron chi connectivity index (χ4n) is 2.21. The Morgan fingerprint density at radius 1 is 1.15 bits per heavy atom. The molecule has 0 aliphatic heterocycles. The number of halogens is 3. The highest BCUT2D eigenvalue weighted by atomic mass is 79.9. The summed E-state index contributed by atoms with van der Waals surface area (Å²) in [5.74, 6) is 0.789. The van der Waals surface area contributed by atoms with E-state index in [1.807, 2.05) is 54.0 Å². The van der Waals surface area contributed by atoms with E-state index in [1.54, 1.807) is 0 Å². The van der Waals surface area contributed by atoms with Crippen molar-refractivity contribution in [1.29, 1.82) is 0 Å². The Bertz CT molecular complexity index is 763. The Kier molecular flexibility index (Phi) is 3.76. The molecule has 0 fully saturated rings. The first-order valence-corrected chi connectivity index (χ1v) is 7.75. The predicted octanol–water partition coefficient (Wildman–Crippen LogP) is 5.74.